The topological polar surface area (TPSA) is 48.5 Å². The van der Waals surface area contributed by atoms with Crippen LogP contribution in [-0.2, 0) is 12.7 Å². The van der Waals surface area contributed by atoms with Crippen LogP contribution in [-0.4, -0.2) is 53.9 Å². The summed E-state index contributed by atoms with van der Waals surface area (Å²) in [5, 5.41) is 3.68. The third kappa shape index (κ3) is 6.58. The van der Waals surface area contributed by atoms with Crippen molar-refractivity contribution in [2.45, 2.75) is 19.6 Å². The molecule has 4 aromatic rings. The number of alkyl halides is 3. The van der Waals surface area contributed by atoms with Gasteiger partial charge in [-0.3, -0.25) is 14.7 Å². The number of pyridine rings is 1. The van der Waals surface area contributed by atoms with Gasteiger partial charge in [0.25, 0.3) is 5.91 Å². The molecular formula is C32H31F3N4O. The lowest BCUT2D eigenvalue weighted by Gasteiger charge is -2.33. The number of nitrogens with one attached hydrogen (secondary N) is 1. The Kier molecular flexibility index (Phi) is 8.00. The van der Waals surface area contributed by atoms with Gasteiger partial charge in [0, 0.05) is 55.6 Å². The van der Waals surface area contributed by atoms with E-state index in [4.69, 9.17) is 0 Å². The summed E-state index contributed by atoms with van der Waals surface area (Å²) < 4.78 is 41.8. The Bertz CT molecular complexity index is 1560. The lowest BCUT2D eigenvalue weighted by molar-refractivity contribution is -0.138. The first-order valence-electron chi connectivity index (χ1n) is 13.2. The predicted octanol–water partition coefficient (Wildman–Crippen LogP) is 6.73. The maximum absolute atomic E-state index is 13.9. The van der Waals surface area contributed by atoms with Gasteiger partial charge >= 0.3 is 6.18 Å². The highest BCUT2D eigenvalue weighted by Crippen LogP contribution is 2.34. The third-order valence-corrected chi connectivity index (χ3v) is 7.21. The number of hydrogen-bond donors (Lipinski definition) is 1. The minimum absolute atomic E-state index is 0.109. The summed E-state index contributed by atoms with van der Waals surface area (Å²) in [5.41, 5.74) is 3.72. The number of anilines is 1. The molecule has 1 N–H and O–H groups in total. The molecule has 40 heavy (non-hydrogen) atoms. The van der Waals surface area contributed by atoms with E-state index in [2.05, 4.69) is 15.2 Å². The number of benzene rings is 3. The van der Waals surface area contributed by atoms with Gasteiger partial charge in [0.05, 0.1) is 11.1 Å². The average molecular weight is 545 g/mol. The molecule has 2 heterocycles. The molecule has 0 radical (unpaired) electrons. The molecule has 5 rings (SSSR count). The van der Waals surface area contributed by atoms with Gasteiger partial charge in [-0.05, 0) is 66.6 Å². The molecule has 1 amide bonds. The number of piperazine rings is 1. The number of fused-ring (bicyclic) bond motifs is 1. The summed E-state index contributed by atoms with van der Waals surface area (Å²) >= 11 is 0. The Morgan fingerprint density at radius 2 is 1.70 bits per heavy atom. The van der Waals surface area contributed by atoms with Crippen molar-refractivity contribution in [3.63, 3.8) is 0 Å². The van der Waals surface area contributed by atoms with Crippen LogP contribution >= 0.6 is 0 Å². The normalized spacial score (nSPS) is 15.1. The zero-order chi connectivity index (χ0) is 28.3. The maximum atomic E-state index is 13.9. The molecule has 0 saturated carbocycles. The molecule has 0 atom stereocenters. The van der Waals surface area contributed by atoms with Gasteiger partial charge in [-0.2, -0.15) is 13.2 Å². The first-order valence-corrected chi connectivity index (χ1v) is 13.2. The van der Waals surface area contributed by atoms with Crippen molar-refractivity contribution >= 4 is 34.6 Å². The minimum Gasteiger partial charge on any atom is -0.322 e. The fraction of sp³-hybridized carbons (Fsp3) is 0.250. The molecule has 0 spiro atoms. The number of rotatable bonds is 6. The second-order valence-corrected chi connectivity index (χ2v) is 10.3. The van der Waals surface area contributed by atoms with Crippen LogP contribution < -0.4 is 5.32 Å². The lowest BCUT2D eigenvalue weighted by Crippen LogP contribution is -2.44. The van der Waals surface area contributed by atoms with Crippen molar-refractivity contribution in [2.75, 3.05) is 38.5 Å². The number of hydrogen-bond acceptors (Lipinski definition) is 4. The van der Waals surface area contributed by atoms with Crippen LogP contribution in [0.2, 0.25) is 0 Å². The van der Waals surface area contributed by atoms with Crippen LogP contribution in [0.4, 0.5) is 18.9 Å². The molecule has 0 unspecified atom stereocenters. The van der Waals surface area contributed by atoms with Crippen molar-refractivity contribution in [1.29, 1.82) is 0 Å². The van der Waals surface area contributed by atoms with Crippen molar-refractivity contribution in [1.82, 2.24) is 14.8 Å². The smallest absolute Gasteiger partial charge is 0.322 e. The van der Waals surface area contributed by atoms with Gasteiger partial charge in [0.2, 0.25) is 0 Å². The largest absolute Gasteiger partial charge is 0.416 e. The molecule has 8 heteroatoms. The summed E-state index contributed by atoms with van der Waals surface area (Å²) in [5.74, 6) is -0.474. The average Bonchev–Trinajstić information content (AvgIpc) is 2.93. The number of halogens is 3. The summed E-state index contributed by atoms with van der Waals surface area (Å²) in [4.78, 5) is 21.7. The van der Waals surface area contributed by atoms with Crippen molar-refractivity contribution in [2.24, 2.45) is 0 Å². The zero-order valence-electron chi connectivity index (χ0n) is 22.5. The van der Waals surface area contributed by atoms with Gasteiger partial charge in [-0.25, -0.2) is 0 Å². The Morgan fingerprint density at radius 3 is 2.48 bits per heavy atom. The highest BCUT2D eigenvalue weighted by Gasteiger charge is 2.34. The van der Waals surface area contributed by atoms with Gasteiger partial charge < -0.3 is 10.2 Å². The quantitative estimate of drug-likeness (QED) is 0.292. The van der Waals surface area contributed by atoms with Gasteiger partial charge in [-0.1, -0.05) is 48.6 Å². The minimum atomic E-state index is -4.52. The number of para-hydroxylation sites is 1. The van der Waals surface area contributed by atoms with Crippen molar-refractivity contribution < 1.29 is 18.0 Å². The van der Waals surface area contributed by atoms with E-state index in [0.717, 1.165) is 46.7 Å². The number of carbonyl (C=O) groups excluding carboxylic acids is 1. The number of likely N-dealkylation sites (N-methyl/N-ethyl adjacent to an activating group) is 1. The highest BCUT2D eigenvalue weighted by atomic mass is 19.4. The van der Waals surface area contributed by atoms with Crippen LogP contribution in [0.25, 0.3) is 23.1 Å². The molecule has 1 aromatic heterocycles. The van der Waals surface area contributed by atoms with E-state index < -0.39 is 17.6 Å². The van der Waals surface area contributed by atoms with Crippen molar-refractivity contribution in [3.05, 3.63) is 106 Å². The van der Waals surface area contributed by atoms with Crippen LogP contribution in [0.5, 0.6) is 0 Å². The van der Waals surface area contributed by atoms with E-state index in [0.29, 0.717) is 18.7 Å². The van der Waals surface area contributed by atoms with E-state index in [-0.39, 0.29) is 17.8 Å². The maximum Gasteiger partial charge on any atom is 0.416 e. The monoisotopic (exact) mass is 544 g/mol. The second kappa shape index (κ2) is 11.6. The molecule has 0 bridgehead atoms. The highest BCUT2D eigenvalue weighted by molar-refractivity contribution is 6.04. The number of nitrogens with zero attached hydrogens (tertiary/aromatic N) is 3. The first-order chi connectivity index (χ1) is 19.2. The van der Waals surface area contributed by atoms with Crippen LogP contribution in [0, 0.1) is 6.92 Å². The predicted molar refractivity (Wildman–Crippen MR) is 154 cm³/mol. The Labute approximate surface area is 231 Å². The van der Waals surface area contributed by atoms with E-state index >= 15 is 0 Å². The van der Waals surface area contributed by atoms with Gasteiger partial charge in [-0.15, -0.1) is 0 Å². The Balaban J connectivity index is 1.30. The molecule has 1 saturated heterocycles. The fourth-order valence-electron chi connectivity index (χ4n) is 4.90. The zero-order valence-corrected chi connectivity index (χ0v) is 22.5. The summed E-state index contributed by atoms with van der Waals surface area (Å²) in [6, 6.07) is 19.1. The first kappa shape index (κ1) is 27.6. The molecule has 3 aromatic carbocycles. The summed E-state index contributed by atoms with van der Waals surface area (Å²) in [6.45, 7) is 5.32. The molecule has 0 aliphatic carbocycles. The molecule has 1 fully saturated rings. The van der Waals surface area contributed by atoms with Crippen LogP contribution in [0.15, 0.2) is 72.9 Å². The molecule has 5 nitrogen and oxygen atoms in total. The van der Waals surface area contributed by atoms with E-state index in [1.54, 1.807) is 24.4 Å². The lowest BCUT2D eigenvalue weighted by atomic mass is 10.0. The van der Waals surface area contributed by atoms with E-state index in [1.165, 1.54) is 12.1 Å². The van der Waals surface area contributed by atoms with E-state index in [9.17, 15) is 18.0 Å². The molecule has 1 aliphatic rings. The molecule has 1 aliphatic heterocycles. The Hall–Kier alpha value is -4.01. The number of amides is 1. The van der Waals surface area contributed by atoms with E-state index in [1.807, 2.05) is 61.4 Å². The molecule has 206 valence electrons. The fourth-order valence-corrected chi connectivity index (χ4v) is 4.90. The second-order valence-electron chi connectivity index (χ2n) is 10.3. The van der Waals surface area contributed by atoms with Gasteiger partial charge in [0.1, 0.15) is 0 Å². The van der Waals surface area contributed by atoms with Crippen LogP contribution in [0.3, 0.4) is 0 Å². The number of aromatic nitrogens is 1. The van der Waals surface area contributed by atoms with Crippen LogP contribution in [0.1, 0.15) is 38.2 Å². The summed E-state index contributed by atoms with van der Waals surface area (Å²) in [6.07, 6.45) is 1.07. The Morgan fingerprint density at radius 1 is 0.950 bits per heavy atom. The standard InChI is InChI=1S/C32H31F3N4O/c1-22-5-3-7-25-18-24(20-36-30(22)25)10-9-23-6-4-8-26(17-23)31(40)37-28-12-11-27(29(19-28)32(33,34)35)21-39-15-13-38(2)14-16-39/h3-12,17-20H,13-16,21H2,1-2H3,(H,37,40)/b10-9+. The van der Waals surface area contributed by atoms with Gasteiger partial charge in [0.15, 0.2) is 0 Å². The summed E-state index contributed by atoms with van der Waals surface area (Å²) in [7, 11) is 2.00. The number of aryl methyl sites for hydroxylation is 1. The van der Waals surface area contributed by atoms with Crippen molar-refractivity contribution in [3.8, 4) is 0 Å². The SMILES string of the molecule is Cc1cccc2cc(/C=C/c3cccc(C(=O)Nc4ccc(CN5CCN(C)CC5)c(C(F)(F)F)c4)c3)cnc12. The number of carbonyl (C=O) groups is 1. The molecular weight excluding hydrogens is 513 g/mol. The third-order valence-electron chi connectivity index (χ3n) is 7.21.